The summed E-state index contributed by atoms with van der Waals surface area (Å²) in [5.74, 6) is 0. The van der Waals surface area contributed by atoms with Crippen molar-refractivity contribution in [2.75, 3.05) is 0 Å². The first-order chi connectivity index (χ1) is 2.00. The molecule has 0 bridgehead atoms. The van der Waals surface area contributed by atoms with Crippen LogP contribution in [0.1, 0.15) is 0 Å². The summed E-state index contributed by atoms with van der Waals surface area (Å²) in [6.45, 7) is 0. The summed E-state index contributed by atoms with van der Waals surface area (Å²) in [5.41, 5.74) is 0. The molecule has 0 unspecified atom stereocenters. The van der Waals surface area contributed by atoms with Crippen molar-refractivity contribution in [2.24, 2.45) is 0 Å². The molecule has 0 amide bonds. The molecule has 0 rings (SSSR count). The maximum atomic E-state index is 7.33. The van der Waals surface area contributed by atoms with Crippen molar-refractivity contribution in [3.8, 4) is 0 Å². The van der Waals surface area contributed by atoms with E-state index >= 15 is 0 Å². The van der Waals surface area contributed by atoms with Gasteiger partial charge in [-0.15, -0.1) is 0 Å². The van der Waals surface area contributed by atoms with Gasteiger partial charge in [-0.2, -0.15) is 0 Å². The van der Waals surface area contributed by atoms with Crippen LogP contribution in [-0.4, -0.2) is 28.2 Å². The van der Waals surface area contributed by atoms with Gasteiger partial charge in [0.2, 0.25) is 0 Å². The molecule has 1 radical (unpaired) electrons. The maximum absolute atomic E-state index is 7.33. The Morgan fingerprint density at radius 2 is 0.857 bits per heavy atom. The van der Waals surface area contributed by atoms with E-state index in [1.807, 2.05) is 0 Å². The van der Waals surface area contributed by atoms with Crippen LogP contribution in [0, 0.1) is 41.7 Å². The van der Waals surface area contributed by atoms with Gasteiger partial charge in [-0.3, -0.25) is 0 Å². The van der Waals surface area contributed by atoms with Gasteiger partial charge in [0.1, 0.15) is 0 Å². The van der Waals surface area contributed by atoms with Crippen molar-refractivity contribution in [3.63, 3.8) is 0 Å². The molecule has 4 N–H and O–H groups in total. The first-order valence-corrected chi connectivity index (χ1v) is 2.68. The second-order valence-corrected chi connectivity index (χ2v) is 1.80. The molecule has 0 aromatic carbocycles. The quantitative estimate of drug-likeness (QED) is 0.370. The van der Waals surface area contributed by atoms with E-state index in [-0.39, 0.29) is 58.8 Å². The standard InChI is InChI=1S/Ce.Cu.H4O4Si/c;;1-5(2,3)4/h;;1-4H. The average molecular weight is 300 g/mol. The van der Waals surface area contributed by atoms with Crippen molar-refractivity contribution in [1.82, 2.24) is 0 Å². The summed E-state index contributed by atoms with van der Waals surface area (Å²) in [6, 6.07) is 0. The fourth-order valence-electron chi connectivity index (χ4n) is 0. The molecule has 4 nitrogen and oxygen atoms in total. The molecule has 0 fully saturated rings. The minimum absolute atomic E-state index is 0. The molecule has 0 atom stereocenters. The summed E-state index contributed by atoms with van der Waals surface area (Å²) < 4.78 is 0. The van der Waals surface area contributed by atoms with E-state index in [1.54, 1.807) is 0 Å². The second-order valence-electron chi connectivity index (χ2n) is 0.600. The SMILES string of the molecule is O[Si](O)(O)O.[Ce].[Cu]. The zero-order valence-corrected chi connectivity index (χ0v) is 8.17. The minimum atomic E-state index is -4.61. The molecule has 0 aliphatic carbocycles. The predicted octanol–water partition coefficient (Wildman–Crippen LogP) is -2.61. The van der Waals surface area contributed by atoms with Crippen molar-refractivity contribution >= 4 is 9.05 Å². The Morgan fingerprint density at radius 1 is 0.857 bits per heavy atom. The van der Waals surface area contributed by atoms with Crippen LogP contribution in [0.4, 0.5) is 0 Å². The number of hydrogen-bond donors (Lipinski definition) is 4. The Labute approximate surface area is 85.9 Å². The second kappa shape index (κ2) is 6.08. The van der Waals surface area contributed by atoms with E-state index < -0.39 is 9.05 Å². The van der Waals surface area contributed by atoms with Gasteiger partial charge in [-0.05, 0) is 0 Å². The van der Waals surface area contributed by atoms with Crippen LogP contribution in [0.25, 0.3) is 0 Å². The zero-order chi connectivity index (χ0) is 4.50. The Balaban J connectivity index is -0.0000000800. The summed E-state index contributed by atoms with van der Waals surface area (Å²) in [6.07, 6.45) is 0. The maximum Gasteiger partial charge on any atom is 0.668 e. The first kappa shape index (κ1) is 16.0. The van der Waals surface area contributed by atoms with Crippen molar-refractivity contribution in [2.45, 2.75) is 0 Å². The molecule has 0 aromatic heterocycles. The smallest absolute Gasteiger partial charge is 0.368 e. The molecule has 47 valence electrons. The van der Waals surface area contributed by atoms with Crippen LogP contribution >= 0.6 is 0 Å². The monoisotopic (exact) mass is 299 g/mol. The largest absolute Gasteiger partial charge is 0.668 e. The normalized spacial score (nSPS) is 8.57. The van der Waals surface area contributed by atoms with E-state index in [4.69, 9.17) is 19.2 Å². The first-order valence-electron chi connectivity index (χ1n) is 0.894. The molecule has 0 spiro atoms. The molecule has 0 aliphatic heterocycles. The van der Waals surface area contributed by atoms with E-state index in [9.17, 15) is 0 Å². The molecule has 7 heavy (non-hydrogen) atoms. The Hall–Kier alpha value is 1.95. The third kappa shape index (κ3) is 73.9. The van der Waals surface area contributed by atoms with Crippen molar-refractivity contribution in [1.29, 1.82) is 0 Å². The van der Waals surface area contributed by atoms with E-state index in [0.717, 1.165) is 0 Å². The topological polar surface area (TPSA) is 80.9 Å². The van der Waals surface area contributed by atoms with Crippen molar-refractivity contribution < 1.29 is 78.0 Å². The van der Waals surface area contributed by atoms with Crippen LogP contribution in [0.5, 0.6) is 0 Å². The molecule has 7 heteroatoms. The molecular weight excluding hydrogens is 296 g/mol. The van der Waals surface area contributed by atoms with E-state index in [1.165, 1.54) is 0 Å². The van der Waals surface area contributed by atoms with Crippen LogP contribution in [-0.2, 0) is 17.1 Å². The van der Waals surface area contributed by atoms with Gasteiger partial charge < -0.3 is 19.2 Å². The fourth-order valence-corrected chi connectivity index (χ4v) is 0. The zero-order valence-electron chi connectivity index (χ0n) is 3.09. The molecule has 0 heterocycles. The summed E-state index contributed by atoms with van der Waals surface area (Å²) in [5, 5.41) is 0. The molecule has 0 saturated heterocycles. The van der Waals surface area contributed by atoms with Gasteiger partial charge in [0.15, 0.2) is 0 Å². The van der Waals surface area contributed by atoms with Gasteiger partial charge in [-0.25, -0.2) is 0 Å². The number of hydrogen-bond acceptors (Lipinski definition) is 4. The van der Waals surface area contributed by atoms with E-state index in [0.29, 0.717) is 0 Å². The molecule has 0 aliphatic rings. The minimum Gasteiger partial charge on any atom is -0.368 e. The Morgan fingerprint density at radius 3 is 0.857 bits per heavy atom. The van der Waals surface area contributed by atoms with Gasteiger partial charge in [0.05, 0.1) is 0 Å². The molecule has 0 aromatic rings. The molecule has 0 saturated carbocycles. The predicted molar refractivity (Wildman–Crippen MR) is 14.6 cm³/mol. The average Bonchev–Trinajstić information content (AvgIpc) is 0.722. The van der Waals surface area contributed by atoms with Gasteiger partial charge in [0.25, 0.3) is 0 Å². The van der Waals surface area contributed by atoms with Gasteiger partial charge >= 0.3 is 9.05 Å². The van der Waals surface area contributed by atoms with Crippen LogP contribution < -0.4 is 0 Å². The van der Waals surface area contributed by atoms with Crippen LogP contribution in [0.15, 0.2) is 0 Å². The van der Waals surface area contributed by atoms with Crippen LogP contribution in [0.2, 0.25) is 0 Å². The van der Waals surface area contributed by atoms with Gasteiger partial charge in [0, 0.05) is 58.8 Å². The number of rotatable bonds is 0. The van der Waals surface area contributed by atoms with Gasteiger partial charge in [-0.1, -0.05) is 0 Å². The summed E-state index contributed by atoms with van der Waals surface area (Å²) in [7, 11) is -4.61. The molecular formula is H4CeCuO4Si. The Kier molecular flexibility index (Phi) is 13.9. The van der Waals surface area contributed by atoms with Crippen molar-refractivity contribution in [3.05, 3.63) is 0 Å². The van der Waals surface area contributed by atoms with E-state index in [2.05, 4.69) is 0 Å². The third-order valence-corrected chi connectivity index (χ3v) is 0. The third-order valence-electron chi connectivity index (χ3n) is 0. The Bertz CT molecular complexity index is 27.2. The van der Waals surface area contributed by atoms with Crippen LogP contribution in [0.3, 0.4) is 0 Å². The summed E-state index contributed by atoms with van der Waals surface area (Å²) >= 11 is 0. The fraction of sp³-hybridized carbons (Fsp3) is 0. The summed E-state index contributed by atoms with van der Waals surface area (Å²) in [4.78, 5) is 29.3.